The number of nitrogens with zero attached hydrogens (tertiary/aromatic N) is 1. The fourth-order valence-electron chi connectivity index (χ4n) is 8.09. The standard InChI is InChI=1S/C38H58N4O5/c1-5-6-10-36-27(22-43)18-28(47-36)14-11-25-12-16-35(45)37(17-25)46-23-34(40-4)32-19-30-31(42-32)15-13-26-8-7-9-29(26)38(30)33(21-39-3)41-20-24(2)44/h12,16-19,24,26,29,33-34,36,38-41,43-45H,5-11,13-15,20-23H2,1-4H3. The highest BCUT2D eigenvalue weighted by molar-refractivity contribution is 6.04. The Balaban J connectivity index is 1.25. The number of unbranched alkanes of at least 4 members (excludes halogenated alkanes) is 1. The first kappa shape index (κ1) is 35.6. The lowest BCUT2D eigenvalue weighted by Crippen LogP contribution is -2.49. The van der Waals surface area contributed by atoms with E-state index in [1.807, 2.05) is 39.2 Å². The number of phenols is 1. The molecule has 5 rings (SSSR count). The number of phenolic OH excluding ortho intramolecular Hbond substituents is 1. The molecule has 2 fully saturated rings. The van der Waals surface area contributed by atoms with Gasteiger partial charge in [-0.3, -0.25) is 5.32 Å². The summed E-state index contributed by atoms with van der Waals surface area (Å²) < 4.78 is 12.4. The summed E-state index contributed by atoms with van der Waals surface area (Å²) in [7, 11) is 3.94. The van der Waals surface area contributed by atoms with Gasteiger partial charge in [0.15, 0.2) is 23.3 Å². The van der Waals surface area contributed by atoms with Gasteiger partial charge in [-0.15, -0.1) is 4.99 Å². The Kier molecular flexibility index (Phi) is 13.0. The van der Waals surface area contributed by atoms with Crippen LogP contribution >= 0.6 is 0 Å². The molecule has 47 heavy (non-hydrogen) atoms. The lowest BCUT2D eigenvalue weighted by molar-refractivity contribution is 0.123. The van der Waals surface area contributed by atoms with Crippen molar-refractivity contribution in [2.24, 2.45) is 22.7 Å². The van der Waals surface area contributed by atoms with Crippen LogP contribution in [0.5, 0.6) is 11.5 Å². The number of allylic oxidation sites excluding steroid dienone is 1. The normalized spacial score (nSPS) is 25.7. The maximum atomic E-state index is 10.7. The molecule has 2 heterocycles. The monoisotopic (exact) mass is 650 g/mol. The SMILES string of the molecule is CCCCC1OC(CCc2ccc(O)c(OCC(NC)[C+]3C=C4C(=N3)CCC3CCCC3C4C(CNC)NCC(C)O)c2)=C[C-]1CO. The molecule has 9 nitrogen and oxygen atoms in total. The van der Waals surface area contributed by atoms with Crippen LogP contribution < -0.4 is 20.7 Å². The number of aryl methyl sites for hydroxylation is 1. The Bertz CT molecular complexity index is 1250. The van der Waals surface area contributed by atoms with Crippen molar-refractivity contribution >= 4 is 5.71 Å². The Morgan fingerprint density at radius 1 is 1.17 bits per heavy atom. The molecule has 4 aliphatic rings. The van der Waals surface area contributed by atoms with Crippen molar-refractivity contribution in [3.63, 3.8) is 0 Å². The topological polar surface area (TPSA) is 128 Å². The van der Waals surface area contributed by atoms with E-state index in [0.717, 1.165) is 74.3 Å². The van der Waals surface area contributed by atoms with Crippen LogP contribution in [0.25, 0.3) is 0 Å². The van der Waals surface area contributed by atoms with Gasteiger partial charge in [0.2, 0.25) is 0 Å². The highest BCUT2D eigenvalue weighted by Gasteiger charge is 2.50. The fourth-order valence-corrected chi connectivity index (χ4v) is 8.09. The fraction of sp³-hybridized carbons (Fsp3) is 0.658. The van der Waals surface area contributed by atoms with Gasteiger partial charge in [-0.1, -0.05) is 50.9 Å². The van der Waals surface area contributed by atoms with Gasteiger partial charge in [0.25, 0.3) is 0 Å². The summed E-state index contributed by atoms with van der Waals surface area (Å²) in [6, 6.07) is 6.60. The summed E-state index contributed by atoms with van der Waals surface area (Å²) >= 11 is 0. The second kappa shape index (κ2) is 17.1. The summed E-state index contributed by atoms with van der Waals surface area (Å²) in [5.41, 5.74) is 3.60. The third-order valence-corrected chi connectivity index (χ3v) is 10.6. The van der Waals surface area contributed by atoms with Crippen LogP contribution in [0.4, 0.5) is 0 Å². The predicted octanol–water partition coefficient (Wildman–Crippen LogP) is 4.63. The summed E-state index contributed by atoms with van der Waals surface area (Å²) in [6.07, 6.45) is 14.4. The zero-order valence-electron chi connectivity index (χ0n) is 28.9. The van der Waals surface area contributed by atoms with Crippen LogP contribution in [0.2, 0.25) is 0 Å². The number of aliphatic hydroxyl groups excluding tert-OH is 2. The number of hydrogen-bond donors (Lipinski definition) is 6. The molecule has 260 valence electrons. The average molecular weight is 651 g/mol. The van der Waals surface area contributed by atoms with Gasteiger partial charge in [0, 0.05) is 38.3 Å². The van der Waals surface area contributed by atoms with Gasteiger partial charge in [0.05, 0.1) is 18.1 Å². The number of likely N-dealkylation sites (N-methyl/N-ethyl adjacent to an activating group) is 2. The van der Waals surface area contributed by atoms with Crippen LogP contribution in [0, 0.1) is 29.7 Å². The van der Waals surface area contributed by atoms with Crippen molar-refractivity contribution in [1.82, 2.24) is 16.0 Å². The molecule has 2 aliphatic heterocycles. The minimum absolute atomic E-state index is 0.0171. The molecule has 0 amide bonds. The predicted molar refractivity (Wildman–Crippen MR) is 187 cm³/mol. The second-order valence-electron chi connectivity index (χ2n) is 14.0. The summed E-state index contributed by atoms with van der Waals surface area (Å²) in [5.74, 6) is 4.11. The van der Waals surface area contributed by atoms with E-state index >= 15 is 0 Å². The zero-order valence-corrected chi connectivity index (χ0v) is 28.9. The number of fused-ring (bicyclic) bond motifs is 2. The minimum atomic E-state index is -0.401. The minimum Gasteiger partial charge on any atom is -0.592 e. The van der Waals surface area contributed by atoms with E-state index in [1.165, 1.54) is 37.0 Å². The van der Waals surface area contributed by atoms with Crippen molar-refractivity contribution in [1.29, 1.82) is 0 Å². The molecule has 0 spiro atoms. The van der Waals surface area contributed by atoms with Crippen molar-refractivity contribution in [3.8, 4) is 11.5 Å². The lowest BCUT2D eigenvalue weighted by atomic mass is 9.75. The molecule has 9 heteroatoms. The smallest absolute Gasteiger partial charge is 0.189 e. The van der Waals surface area contributed by atoms with Crippen LogP contribution in [0.3, 0.4) is 0 Å². The molecular formula is C38H58N4O5. The first-order chi connectivity index (χ1) is 22.8. The van der Waals surface area contributed by atoms with Gasteiger partial charge in [-0.2, -0.15) is 12.0 Å². The number of hydrogen-bond acceptors (Lipinski definition) is 9. The molecular weight excluding hydrogens is 592 g/mol. The molecule has 2 aliphatic carbocycles. The second-order valence-corrected chi connectivity index (χ2v) is 14.0. The number of rotatable bonds is 18. The third-order valence-electron chi connectivity index (χ3n) is 10.6. The number of nitrogens with one attached hydrogen (secondary N) is 3. The summed E-state index contributed by atoms with van der Waals surface area (Å²) in [6.45, 7) is 5.77. The Hall–Kier alpha value is -2.69. The van der Waals surface area contributed by atoms with Crippen molar-refractivity contribution in [2.45, 2.75) is 102 Å². The van der Waals surface area contributed by atoms with E-state index in [1.54, 1.807) is 6.07 Å². The molecule has 1 aromatic rings. The van der Waals surface area contributed by atoms with E-state index in [0.29, 0.717) is 30.7 Å². The lowest BCUT2D eigenvalue weighted by Gasteiger charge is -2.32. The van der Waals surface area contributed by atoms with Crippen LogP contribution in [-0.2, 0) is 11.2 Å². The molecule has 7 unspecified atom stereocenters. The molecule has 0 saturated heterocycles. The van der Waals surface area contributed by atoms with Gasteiger partial charge in [-0.05, 0) is 76.2 Å². The van der Waals surface area contributed by atoms with Crippen LogP contribution in [0.15, 0.2) is 46.7 Å². The number of ether oxygens (including phenoxy) is 2. The van der Waals surface area contributed by atoms with E-state index < -0.39 is 6.10 Å². The molecule has 0 aromatic heterocycles. The molecule has 2 saturated carbocycles. The first-order valence-electron chi connectivity index (χ1n) is 18.0. The summed E-state index contributed by atoms with van der Waals surface area (Å²) in [5, 5.41) is 41.1. The Morgan fingerprint density at radius 3 is 2.77 bits per heavy atom. The zero-order chi connectivity index (χ0) is 33.3. The maximum Gasteiger partial charge on any atom is 0.189 e. The van der Waals surface area contributed by atoms with Gasteiger partial charge >= 0.3 is 0 Å². The van der Waals surface area contributed by atoms with Gasteiger partial charge < -0.3 is 35.4 Å². The molecule has 7 atom stereocenters. The van der Waals surface area contributed by atoms with Crippen molar-refractivity contribution in [3.05, 3.63) is 59.2 Å². The van der Waals surface area contributed by atoms with E-state index in [4.69, 9.17) is 14.5 Å². The number of benzene rings is 1. The number of aliphatic hydroxyl groups is 2. The van der Waals surface area contributed by atoms with Crippen molar-refractivity contribution < 1.29 is 24.8 Å². The summed E-state index contributed by atoms with van der Waals surface area (Å²) in [4.78, 5) is 5.22. The van der Waals surface area contributed by atoms with Crippen LogP contribution in [-0.4, -0.2) is 85.7 Å². The third kappa shape index (κ3) is 8.86. The van der Waals surface area contributed by atoms with Gasteiger partial charge in [-0.25, -0.2) is 0 Å². The highest BCUT2D eigenvalue weighted by atomic mass is 16.5. The average Bonchev–Trinajstić information content (AvgIpc) is 3.79. The molecule has 6 N–H and O–H groups in total. The maximum absolute atomic E-state index is 10.7. The van der Waals surface area contributed by atoms with E-state index in [9.17, 15) is 15.3 Å². The first-order valence-corrected chi connectivity index (χ1v) is 18.0. The quantitative estimate of drug-likeness (QED) is 0.127. The molecule has 1 aromatic carbocycles. The van der Waals surface area contributed by atoms with E-state index in [2.05, 4.69) is 29.0 Å². The Labute approximate surface area is 282 Å². The van der Waals surface area contributed by atoms with Crippen molar-refractivity contribution in [2.75, 3.05) is 40.4 Å². The molecule has 0 bridgehead atoms. The Morgan fingerprint density at radius 2 is 2.02 bits per heavy atom. The number of aromatic hydroxyl groups is 1. The van der Waals surface area contributed by atoms with Gasteiger partial charge in [0.1, 0.15) is 18.2 Å². The van der Waals surface area contributed by atoms with Crippen LogP contribution in [0.1, 0.15) is 77.2 Å². The van der Waals surface area contributed by atoms with E-state index in [-0.39, 0.29) is 30.5 Å². The number of aliphatic imine (C=N–C) groups is 1. The molecule has 0 radical (unpaired) electrons. The highest BCUT2D eigenvalue weighted by Crippen LogP contribution is 2.48. The largest absolute Gasteiger partial charge is 0.592 e.